The first-order chi connectivity index (χ1) is 18.0. The van der Waals surface area contributed by atoms with Crippen LogP contribution in [0.15, 0.2) is 78.2 Å². The van der Waals surface area contributed by atoms with Crippen molar-refractivity contribution < 1.29 is 9.59 Å². The van der Waals surface area contributed by atoms with Crippen molar-refractivity contribution in [2.75, 3.05) is 7.05 Å². The van der Waals surface area contributed by atoms with E-state index in [1.165, 1.54) is 26.4 Å². The summed E-state index contributed by atoms with van der Waals surface area (Å²) in [6, 6.07) is 25.1. The molecule has 0 radical (unpaired) electrons. The van der Waals surface area contributed by atoms with Crippen LogP contribution in [0.25, 0.3) is 20.9 Å². The number of hydrogen-bond acceptors (Lipinski definition) is 4. The molecular formula is C31H32N2O2S2. The maximum absolute atomic E-state index is 13.3. The Morgan fingerprint density at radius 1 is 0.919 bits per heavy atom. The van der Waals surface area contributed by atoms with Crippen molar-refractivity contribution in [2.24, 2.45) is 11.8 Å². The number of aryl methyl sites for hydroxylation is 1. The lowest BCUT2D eigenvalue weighted by Gasteiger charge is -2.24. The lowest BCUT2D eigenvalue weighted by Crippen LogP contribution is -2.40. The summed E-state index contributed by atoms with van der Waals surface area (Å²) < 4.78 is 0. The van der Waals surface area contributed by atoms with Crippen LogP contribution in [0.2, 0.25) is 0 Å². The minimum atomic E-state index is -0.258. The van der Waals surface area contributed by atoms with Crippen molar-refractivity contribution in [3.63, 3.8) is 0 Å². The molecule has 5 rings (SSSR count). The van der Waals surface area contributed by atoms with Gasteiger partial charge in [0.05, 0.1) is 6.54 Å². The summed E-state index contributed by atoms with van der Waals surface area (Å²) in [5.41, 5.74) is 4.70. The first-order valence-corrected chi connectivity index (χ1v) is 14.5. The quantitative estimate of drug-likeness (QED) is 0.264. The second-order valence-corrected chi connectivity index (χ2v) is 11.9. The second kappa shape index (κ2) is 11.4. The maximum Gasteiger partial charge on any atom is 0.226 e. The highest BCUT2D eigenvalue weighted by Crippen LogP contribution is 2.35. The molecule has 0 spiro atoms. The Balaban J connectivity index is 1.16. The van der Waals surface area contributed by atoms with Crippen molar-refractivity contribution in [3.8, 4) is 20.9 Å². The van der Waals surface area contributed by atoms with Gasteiger partial charge in [0.2, 0.25) is 11.8 Å². The molecule has 1 unspecified atom stereocenters. The minimum Gasteiger partial charge on any atom is -0.352 e. The SMILES string of the molecule is Cc1ccccc1-c1ccc(CNC(=O)C2CCC[C@H]2C(=O)N(C)Cc2ccc(-c3cccs3)s2)cc1. The van der Waals surface area contributed by atoms with Crippen LogP contribution in [-0.4, -0.2) is 23.8 Å². The molecule has 0 bridgehead atoms. The van der Waals surface area contributed by atoms with Crippen LogP contribution >= 0.6 is 22.7 Å². The van der Waals surface area contributed by atoms with Gasteiger partial charge in [-0.25, -0.2) is 0 Å². The van der Waals surface area contributed by atoms with Crippen molar-refractivity contribution >= 4 is 34.5 Å². The Morgan fingerprint density at radius 2 is 1.70 bits per heavy atom. The van der Waals surface area contributed by atoms with Gasteiger partial charge in [-0.15, -0.1) is 22.7 Å². The van der Waals surface area contributed by atoms with Gasteiger partial charge in [-0.1, -0.05) is 61.0 Å². The number of nitrogens with one attached hydrogen (secondary N) is 1. The summed E-state index contributed by atoms with van der Waals surface area (Å²) in [7, 11) is 1.86. The summed E-state index contributed by atoms with van der Waals surface area (Å²) in [5, 5.41) is 5.18. The van der Waals surface area contributed by atoms with Gasteiger partial charge in [0.15, 0.2) is 0 Å². The molecule has 0 aliphatic heterocycles. The summed E-state index contributed by atoms with van der Waals surface area (Å²) >= 11 is 3.46. The van der Waals surface area contributed by atoms with E-state index in [2.05, 4.69) is 84.4 Å². The number of rotatable bonds is 8. The summed E-state index contributed by atoms with van der Waals surface area (Å²) in [6.45, 7) is 3.16. The van der Waals surface area contributed by atoms with Crippen molar-refractivity contribution in [1.82, 2.24) is 10.2 Å². The highest BCUT2D eigenvalue weighted by atomic mass is 32.1. The number of thiophene rings is 2. The van der Waals surface area contributed by atoms with Crippen LogP contribution < -0.4 is 5.32 Å². The average molecular weight is 529 g/mol. The van der Waals surface area contributed by atoms with Gasteiger partial charge in [-0.05, 0) is 65.6 Å². The van der Waals surface area contributed by atoms with Gasteiger partial charge in [0, 0.05) is 40.1 Å². The minimum absolute atomic E-state index is 0.0108. The van der Waals surface area contributed by atoms with Gasteiger partial charge in [0.25, 0.3) is 0 Å². The van der Waals surface area contributed by atoms with E-state index in [1.807, 2.05) is 13.1 Å². The van der Waals surface area contributed by atoms with Gasteiger partial charge < -0.3 is 10.2 Å². The molecule has 1 saturated carbocycles. The van der Waals surface area contributed by atoms with E-state index in [0.717, 1.165) is 29.7 Å². The Hall–Kier alpha value is -3.22. The largest absolute Gasteiger partial charge is 0.352 e. The molecule has 2 atom stereocenters. The van der Waals surface area contributed by atoms with Crippen LogP contribution in [0.5, 0.6) is 0 Å². The number of carbonyl (C=O) groups is 2. The molecule has 6 heteroatoms. The van der Waals surface area contributed by atoms with E-state index in [4.69, 9.17) is 0 Å². The Morgan fingerprint density at radius 3 is 2.46 bits per heavy atom. The van der Waals surface area contributed by atoms with Gasteiger partial charge in [-0.2, -0.15) is 0 Å². The van der Waals surface area contributed by atoms with Crippen LogP contribution in [-0.2, 0) is 22.7 Å². The number of nitrogens with zero attached hydrogens (tertiary/aromatic N) is 1. The molecule has 2 amide bonds. The van der Waals surface area contributed by atoms with Crippen molar-refractivity contribution in [2.45, 2.75) is 39.3 Å². The zero-order valence-electron chi connectivity index (χ0n) is 21.3. The second-order valence-electron chi connectivity index (χ2n) is 9.81. The predicted molar refractivity (Wildman–Crippen MR) is 153 cm³/mol. The zero-order chi connectivity index (χ0) is 25.8. The summed E-state index contributed by atoms with van der Waals surface area (Å²) in [4.78, 5) is 31.9. The fourth-order valence-corrected chi connectivity index (χ4v) is 7.09. The molecule has 1 fully saturated rings. The fraction of sp³-hybridized carbons (Fsp3) is 0.290. The Bertz CT molecular complexity index is 1360. The topological polar surface area (TPSA) is 49.4 Å². The normalized spacial score (nSPS) is 17.0. The van der Waals surface area contributed by atoms with E-state index in [1.54, 1.807) is 27.6 Å². The number of benzene rings is 2. The van der Waals surface area contributed by atoms with Crippen molar-refractivity contribution in [1.29, 1.82) is 0 Å². The van der Waals surface area contributed by atoms with Crippen LogP contribution in [0.4, 0.5) is 0 Å². The number of amides is 2. The summed E-state index contributed by atoms with van der Waals surface area (Å²) in [5.74, 6) is -0.439. The van der Waals surface area contributed by atoms with Crippen LogP contribution in [0.1, 0.15) is 35.3 Å². The van der Waals surface area contributed by atoms with E-state index < -0.39 is 0 Å². The highest BCUT2D eigenvalue weighted by Gasteiger charge is 2.39. The standard InChI is InChI=1S/C31H32N2O2S2/c1-21-7-3-4-8-25(21)23-14-12-22(13-15-23)19-32-30(34)26-9-5-10-27(26)31(35)33(2)20-24-16-17-29(37-24)28-11-6-18-36-28/h3-4,6-8,11-18,26-27H,5,9-10,19-20H2,1-2H3,(H,32,34)/t26?,27-/m1/s1. The molecule has 2 aromatic carbocycles. The lowest BCUT2D eigenvalue weighted by molar-refractivity contribution is -0.140. The molecule has 0 saturated heterocycles. The lowest BCUT2D eigenvalue weighted by atomic mass is 9.93. The average Bonchev–Trinajstić information content (AvgIpc) is 3.69. The number of hydrogen-bond donors (Lipinski definition) is 1. The third-order valence-corrected chi connectivity index (χ3v) is 9.38. The molecule has 1 N–H and O–H groups in total. The van der Waals surface area contributed by atoms with Gasteiger partial charge in [-0.3, -0.25) is 9.59 Å². The van der Waals surface area contributed by atoms with E-state index in [0.29, 0.717) is 13.1 Å². The van der Waals surface area contributed by atoms with Crippen molar-refractivity contribution in [3.05, 3.63) is 94.2 Å². The molecule has 4 nitrogen and oxygen atoms in total. The van der Waals surface area contributed by atoms with Gasteiger partial charge >= 0.3 is 0 Å². The predicted octanol–water partition coefficient (Wildman–Crippen LogP) is 7.14. The first-order valence-electron chi connectivity index (χ1n) is 12.8. The Kier molecular flexibility index (Phi) is 7.87. The smallest absolute Gasteiger partial charge is 0.226 e. The van der Waals surface area contributed by atoms with E-state index >= 15 is 0 Å². The van der Waals surface area contributed by atoms with Crippen LogP contribution in [0.3, 0.4) is 0 Å². The molecule has 4 aromatic rings. The molecule has 2 heterocycles. The molecule has 2 aromatic heterocycles. The monoisotopic (exact) mass is 528 g/mol. The molecule has 37 heavy (non-hydrogen) atoms. The fourth-order valence-electron chi connectivity index (χ4n) is 5.20. The van der Waals surface area contributed by atoms with Gasteiger partial charge in [0.1, 0.15) is 0 Å². The van der Waals surface area contributed by atoms with Crippen LogP contribution in [0, 0.1) is 18.8 Å². The maximum atomic E-state index is 13.3. The summed E-state index contributed by atoms with van der Waals surface area (Å²) in [6.07, 6.45) is 2.45. The molecule has 190 valence electrons. The third kappa shape index (κ3) is 5.86. The molecule has 1 aliphatic carbocycles. The Labute approximate surface area is 227 Å². The molecular weight excluding hydrogens is 496 g/mol. The number of carbonyl (C=O) groups excluding carboxylic acids is 2. The third-order valence-electron chi connectivity index (χ3n) is 7.24. The zero-order valence-corrected chi connectivity index (χ0v) is 22.9. The van der Waals surface area contributed by atoms with E-state index in [-0.39, 0.29) is 23.7 Å². The molecule has 1 aliphatic rings. The highest BCUT2D eigenvalue weighted by molar-refractivity contribution is 7.21. The first kappa shape index (κ1) is 25.4. The van der Waals surface area contributed by atoms with E-state index in [9.17, 15) is 9.59 Å².